The van der Waals surface area contributed by atoms with E-state index in [1.807, 2.05) is 29.2 Å². The Balaban J connectivity index is 1.29. The number of hydrogen-bond donors (Lipinski definition) is 3. The summed E-state index contributed by atoms with van der Waals surface area (Å²) < 4.78 is 6.13. The number of carbonyl (C=O) groups excluding carboxylic acids is 1. The molecule has 2 aliphatic heterocycles. The first-order valence-corrected chi connectivity index (χ1v) is 14.9. The summed E-state index contributed by atoms with van der Waals surface area (Å²) in [5.74, 6) is 1.78. The Kier molecular flexibility index (Phi) is 10.0. The Morgan fingerprint density at radius 2 is 1.65 bits per heavy atom. The van der Waals surface area contributed by atoms with Crippen molar-refractivity contribution in [2.75, 3.05) is 57.8 Å². The molecule has 3 N–H and O–H groups in total. The molecule has 2 aliphatic rings. The average molecular weight is 630 g/mol. The van der Waals surface area contributed by atoms with Gasteiger partial charge in [0.15, 0.2) is 5.75 Å². The van der Waals surface area contributed by atoms with Crippen LogP contribution in [0, 0.1) is 5.92 Å². The number of likely N-dealkylation sites (tertiary alicyclic amines) is 1. The number of anilines is 1. The van der Waals surface area contributed by atoms with Gasteiger partial charge in [0.1, 0.15) is 0 Å². The van der Waals surface area contributed by atoms with Gasteiger partial charge in [0, 0.05) is 68.0 Å². The van der Waals surface area contributed by atoms with E-state index >= 15 is 0 Å². The van der Waals surface area contributed by atoms with Crippen LogP contribution in [0.3, 0.4) is 0 Å². The van der Waals surface area contributed by atoms with Gasteiger partial charge in [0.2, 0.25) is 11.8 Å². The van der Waals surface area contributed by atoms with Crippen molar-refractivity contribution >= 4 is 41.3 Å². The van der Waals surface area contributed by atoms with Crippen LogP contribution in [0.4, 0.5) is 15.5 Å². The molecule has 2 aromatic heterocycles. The van der Waals surface area contributed by atoms with Crippen LogP contribution < -0.4 is 20.3 Å². The normalized spacial score (nSPS) is 16.2. The third-order valence-electron chi connectivity index (χ3n) is 7.58. The molecule has 0 radical (unpaired) electrons. The molecule has 0 unspecified atom stereocenters. The van der Waals surface area contributed by atoms with Crippen molar-refractivity contribution in [3.8, 4) is 22.9 Å². The number of nitrogens with one attached hydrogen (secondary N) is 2. The van der Waals surface area contributed by atoms with E-state index < -0.39 is 6.09 Å². The molecular formula is C29H34Cl2N8O4. The summed E-state index contributed by atoms with van der Waals surface area (Å²) >= 11 is 12.6. The number of carbonyl (C=O) groups is 2. The average Bonchev–Trinajstić information content (AvgIpc) is 3.00. The fourth-order valence-electron chi connectivity index (χ4n) is 5.23. The lowest BCUT2D eigenvalue weighted by Crippen LogP contribution is -2.48. The second-order valence-electron chi connectivity index (χ2n) is 10.6. The van der Waals surface area contributed by atoms with E-state index in [9.17, 15) is 14.7 Å². The molecule has 1 aromatic carbocycles. The monoisotopic (exact) mass is 628 g/mol. The number of rotatable bonds is 8. The number of carboxylic acid groups (broad SMARTS) is 1. The molecule has 14 heteroatoms. The predicted octanol–water partition coefficient (Wildman–Crippen LogP) is 4.58. The standard InChI is InChI=1S/C29H34Cl2N8O4/c1-32-28(40)35-15-19-2-4-37(5-3-19)18-20-10-25(21-12-22(30)14-23(31)13-21)36-26(11-20)43-24-16-33-27(34-17-24)38-6-8-39(9-7-38)29(41)42/h10-14,16-17,19H,2-9,15,18H2,1H3,(H,41,42)(H2,32,35,40). The zero-order chi connectivity index (χ0) is 30.3. The van der Waals surface area contributed by atoms with E-state index in [4.69, 9.17) is 32.9 Å². The lowest BCUT2D eigenvalue weighted by atomic mass is 9.96. The summed E-state index contributed by atoms with van der Waals surface area (Å²) in [6, 6.07) is 9.08. The zero-order valence-corrected chi connectivity index (χ0v) is 25.3. The number of piperazine rings is 1. The molecule has 0 atom stereocenters. The van der Waals surface area contributed by atoms with Gasteiger partial charge in [0.25, 0.3) is 0 Å². The minimum atomic E-state index is -0.918. The quantitative estimate of drug-likeness (QED) is 0.327. The molecule has 4 heterocycles. The molecule has 5 rings (SSSR count). The summed E-state index contributed by atoms with van der Waals surface area (Å²) in [7, 11) is 1.62. The number of halogens is 2. The molecule has 3 amide bonds. The highest BCUT2D eigenvalue weighted by atomic mass is 35.5. The van der Waals surface area contributed by atoms with E-state index in [1.54, 1.807) is 25.5 Å². The molecule has 2 saturated heterocycles. The fraction of sp³-hybridized carbons (Fsp3) is 0.414. The number of hydrogen-bond acceptors (Lipinski definition) is 8. The Morgan fingerprint density at radius 3 is 2.28 bits per heavy atom. The highest BCUT2D eigenvalue weighted by Crippen LogP contribution is 2.31. The molecule has 0 spiro atoms. The van der Waals surface area contributed by atoms with Gasteiger partial charge in [0.05, 0.1) is 18.1 Å². The maximum atomic E-state index is 11.5. The van der Waals surface area contributed by atoms with Gasteiger partial charge < -0.3 is 30.3 Å². The first-order chi connectivity index (χ1) is 20.7. The first kappa shape index (κ1) is 30.6. The molecule has 0 saturated carbocycles. The Morgan fingerprint density at radius 1 is 0.977 bits per heavy atom. The van der Waals surface area contributed by atoms with Gasteiger partial charge in [-0.05, 0) is 61.7 Å². The number of urea groups is 1. The van der Waals surface area contributed by atoms with Gasteiger partial charge >= 0.3 is 12.1 Å². The number of ether oxygens (including phenoxy) is 1. The maximum absolute atomic E-state index is 11.5. The summed E-state index contributed by atoms with van der Waals surface area (Å²) in [5.41, 5.74) is 2.47. The minimum absolute atomic E-state index is 0.154. The molecule has 43 heavy (non-hydrogen) atoms. The number of aromatic nitrogens is 3. The number of nitrogens with zero attached hydrogens (tertiary/aromatic N) is 6. The molecule has 0 aliphatic carbocycles. The van der Waals surface area contributed by atoms with Crippen molar-refractivity contribution in [2.24, 2.45) is 5.92 Å². The summed E-state index contributed by atoms with van der Waals surface area (Å²) in [6.45, 7) is 5.02. The van der Waals surface area contributed by atoms with Crippen LogP contribution in [0.15, 0.2) is 42.7 Å². The SMILES string of the molecule is CNC(=O)NCC1CCN(Cc2cc(Oc3cnc(N4CCN(C(=O)O)CC4)nc3)nc(-c3cc(Cl)cc(Cl)c3)c2)CC1. The van der Waals surface area contributed by atoms with Crippen LogP contribution in [0.2, 0.25) is 10.0 Å². The summed E-state index contributed by atoms with van der Waals surface area (Å²) in [6.07, 6.45) is 4.24. The van der Waals surface area contributed by atoms with Crippen molar-refractivity contribution < 1.29 is 19.4 Å². The van der Waals surface area contributed by atoms with Gasteiger partial charge in [-0.3, -0.25) is 4.90 Å². The Hall–Kier alpha value is -3.87. The van der Waals surface area contributed by atoms with Gasteiger partial charge in [-0.25, -0.2) is 24.5 Å². The lowest BCUT2D eigenvalue weighted by Gasteiger charge is -2.32. The summed E-state index contributed by atoms with van der Waals surface area (Å²) in [4.78, 5) is 42.1. The van der Waals surface area contributed by atoms with E-state index in [1.165, 1.54) is 4.90 Å². The van der Waals surface area contributed by atoms with E-state index in [2.05, 4.69) is 25.5 Å². The topological polar surface area (TPSA) is 136 Å². The summed E-state index contributed by atoms with van der Waals surface area (Å²) in [5, 5.41) is 15.7. The lowest BCUT2D eigenvalue weighted by molar-refractivity contribution is 0.142. The predicted molar refractivity (Wildman–Crippen MR) is 164 cm³/mol. The highest BCUT2D eigenvalue weighted by Gasteiger charge is 2.23. The minimum Gasteiger partial charge on any atom is -0.465 e. The maximum Gasteiger partial charge on any atom is 0.407 e. The van der Waals surface area contributed by atoms with Gasteiger partial charge in [-0.2, -0.15) is 0 Å². The second-order valence-corrected chi connectivity index (χ2v) is 11.5. The van der Waals surface area contributed by atoms with E-state index in [-0.39, 0.29) is 6.03 Å². The largest absolute Gasteiger partial charge is 0.465 e. The molecule has 228 valence electrons. The third kappa shape index (κ3) is 8.37. The van der Waals surface area contributed by atoms with Crippen LogP contribution in [-0.4, -0.2) is 94.8 Å². The molecule has 3 aromatic rings. The molecule has 12 nitrogen and oxygen atoms in total. The van der Waals surface area contributed by atoms with Gasteiger partial charge in [-0.15, -0.1) is 0 Å². The number of piperidine rings is 1. The molecular weight excluding hydrogens is 595 g/mol. The number of amides is 3. The second kappa shape index (κ2) is 14.1. The number of benzene rings is 1. The molecule has 2 fully saturated rings. The first-order valence-electron chi connectivity index (χ1n) is 14.1. The zero-order valence-electron chi connectivity index (χ0n) is 23.8. The van der Waals surface area contributed by atoms with Crippen LogP contribution >= 0.6 is 23.2 Å². The van der Waals surface area contributed by atoms with Crippen LogP contribution in [-0.2, 0) is 6.54 Å². The van der Waals surface area contributed by atoms with E-state index in [0.29, 0.717) is 78.5 Å². The molecule has 0 bridgehead atoms. The van der Waals surface area contributed by atoms with E-state index in [0.717, 1.165) is 37.1 Å². The van der Waals surface area contributed by atoms with Crippen LogP contribution in [0.1, 0.15) is 18.4 Å². The van der Waals surface area contributed by atoms with Crippen LogP contribution in [0.5, 0.6) is 11.6 Å². The van der Waals surface area contributed by atoms with Gasteiger partial charge in [-0.1, -0.05) is 23.2 Å². The third-order valence-corrected chi connectivity index (χ3v) is 8.02. The van der Waals surface area contributed by atoms with Crippen molar-refractivity contribution in [1.82, 2.24) is 35.4 Å². The number of pyridine rings is 1. The van der Waals surface area contributed by atoms with Crippen LogP contribution in [0.25, 0.3) is 11.3 Å². The van der Waals surface area contributed by atoms with Crippen molar-refractivity contribution in [3.63, 3.8) is 0 Å². The van der Waals surface area contributed by atoms with Crippen molar-refractivity contribution in [3.05, 3.63) is 58.3 Å². The Labute approximate surface area is 260 Å². The fourth-order valence-corrected chi connectivity index (χ4v) is 5.75. The van der Waals surface area contributed by atoms with Crippen molar-refractivity contribution in [2.45, 2.75) is 19.4 Å². The smallest absolute Gasteiger partial charge is 0.407 e. The highest BCUT2D eigenvalue weighted by molar-refractivity contribution is 6.35. The van der Waals surface area contributed by atoms with Crippen molar-refractivity contribution in [1.29, 1.82) is 0 Å². The Bertz CT molecular complexity index is 1410.